The third kappa shape index (κ3) is 2.50. The molecule has 84 valence electrons. The van der Waals surface area contributed by atoms with Gasteiger partial charge in [0.05, 0.1) is 12.7 Å². The molecule has 0 aliphatic rings. The zero-order valence-electron chi connectivity index (χ0n) is 8.34. The minimum absolute atomic E-state index is 0.0121. The van der Waals surface area contributed by atoms with Crippen molar-refractivity contribution >= 4 is 0 Å². The summed E-state index contributed by atoms with van der Waals surface area (Å²) in [6, 6.07) is 2.68. The summed E-state index contributed by atoms with van der Waals surface area (Å²) < 4.78 is 31.4. The second-order valence-corrected chi connectivity index (χ2v) is 3.13. The topological polar surface area (TPSA) is 55.5 Å². The van der Waals surface area contributed by atoms with Crippen LogP contribution in [0.4, 0.5) is 8.78 Å². The Kier molecular flexibility index (Phi) is 4.14. The van der Waals surface area contributed by atoms with Gasteiger partial charge in [-0.2, -0.15) is 0 Å². The van der Waals surface area contributed by atoms with E-state index >= 15 is 0 Å². The number of hydrogen-bond donors (Lipinski definition) is 2. The van der Waals surface area contributed by atoms with Crippen LogP contribution in [0.15, 0.2) is 12.1 Å². The summed E-state index contributed by atoms with van der Waals surface area (Å²) in [5.74, 6) is -2.07. The standard InChI is InChI=1S/C10H13F2NO2/c1-15-5-6-2-3-7(8(14)4-13)10(12)9(6)11/h2-3,8,14H,4-5,13H2,1H3. The monoisotopic (exact) mass is 217 g/mol. The SMILES string of the molecule is COCc1ccc(C(O)CN)c(F)c1F. The van der Waals surface area contributed by atoms with Crippen molar-refractivity contribution in [1.29, 1.82) is 0 Å². The van der Waals surface area contributed by atoms with Gasteiger partial charge >= 0.3 is 0 Å². The molecule has 0 fully saturated rings. The van der Waals surface area contributed by atoms with Crippen molar-refractivity contribution in [3.63, 3.8) is 0 Å². The van der Waals surface area contributed by atoms with Crippen molar-refractivity contribution < 1.29 is 18.6 Å². The molecule has 1 unspecified atom stereocenters. The second-order valence-electron chi connectivity index (χ2n) is 3.13. The first-order chi connectivity index (χ1) is 7.11. The molecule has 1 atom stereocenters. The van der Waals surface area contributed by atoms with Crippen LogP contribution < -0.4 is 5.73 Å². The van der Waals surface area contributed by atoms with Gasteiger partial charge in [0.1, 0.15) is 0 Å². The summed E-state index contributed by atoms with van der Waals surface area (Å²) in [5.41, 5.74) is 5.14. The van der Waals surface area contributed by atoms with E-state index < -0.39 is 17.7 Å². The van der Waals surface area contributed by atoms with Gasteiger partial charge in [-0.15, -0.1) is 0 Å². The van der Waals surface area contributed by atoms with Gasteiger partial charge in [0.15, 0.2) is 11.6 Å². The van der Waals surface area contributed by atoms with Gasteiger partial charge in [0.2, 0.25) is 0 Å². The van der Waals surface area contributed by atoms with Gasteiger partial charge in [0.25, 0.3) is 0 Å². The molecule has 15 heavy (non-hydrogen) atoms. The molecule has 0 amide bonds. The van der Waals surface area contributed by atoms with Gasteiger partial charge in [-0.1, -0.05) is 12.1 Å². The quantitative estimate of drug-likeness (QED) is 0.794. The molecule has 0 aromatic heterocycles. The predicted octanol–water partition coefficient (Wildman–Crippen LogP) is 1.10. The number of hydrogen-bond acceptors (Lipinski definition) is 3. The van der Waals surface area contributed by atoms with E-state index in [4.69, 9.17) is 10.5 Å². The first-order valence-corrected chi connectivity index (χ1v) is 4.45. The van der Waals surface area contributed by atoms with Crippen LogP contribution in [0.3, 0.4) is 0 Å². The number of benzene rings is 1. The number of methoxy groups -OCH3 is 1. The fraction of sp³-hybridized carbons (Fsp3) is 0.400. The number of ether oxygens (including phenoxy) is 1. The van der Waals surface area contributed by atoms with Gasteiger partial charge in [-0.25, -0.2) is 8.78 Å². The van der Waals surface area contributed by atoms with E-state index in [2.05, 4.69) is 0 Å². The predicted molar refractivity (Wildman–Crippen MR) is 51.1 cm³/mol. The van der Waals surface area contributed by atoms with Crippen molar-refractivity contribution in [1.82, 2.24) is 0 Å². The Bertz CT molecular complexity index is 344. The molecule has 1 rings (SSSR count). The van der Waals surface area contributed by atoms with Crippen LogP contribution in [0.25, 0.3) is 0 Å². The third-order valence-corrected chi connectivity index (χ3v) is 2.07. The van der Waals surface area contributed by atoms with E-state index in [0.717, 1.165) is 0 Å². The van der Waals surface area contributed by atoms with E-state index in [1.807, 2.05) is 0 Å². The van der Waals surface area contributed by atoms with Crippen LogP contribution in [-0.2, 0) is 11.3 Å². The largest absolute Gasteiger partial charge is 0.387 e. The van der Waals surface area contributed by atoms with Crippen LogP contribution in [0, 0.1) is 11.6 Å². The highest BCUT2D eigenvalue weighted by Crippen LogP contribution is 2.21. The van der Waals surface area contributed by atoms with Crippen molar-refractivity contribution in [3.8, 4) is 0 Å². The lowest BCUT2D eigenvalue weighted by Crippen LogP contribution is -2.14. The van der Waals surface area contributed by atoms with Crippen molar-refractivity contribution in [2.45, 2.75) is 12.7 Å². The Hall–Kier alpha value is -1.04. The van der Waals surface area contributed by atoms with Crippen LogP contribution in [0.5, 0.6) is 0 Å². The maximum Gasteiger partial charge on any atom is 0.165 e. The molecule has 1 aromatic rings. The van der Waals surface area contributed by atoms with Crippen LogP contribution in [0.1, 0.15) is 17.2 Å². The van der Waals surface area contributed by atoms with Crippen LogP contribution >= 0.6 is 0 Å². The summed E-state index contributed by atoms with van der Waals surface area (Å²) >= 11 is 0. The summed E-state index contributed by atoms with van der Waals surface area (Å²) in [7, 11) is 1.39. The number of halogens is 2. The van der Waals surface area contributed by atoms with Crippen LogP contribution in [-0.4, -0.2) is 18.8 Å². The Labute approximate surface area is 86.5 Å². The van der Waals surface area contributed by atoms with Crippen molar-refractivity contribution in [2.75, 3.05) is 13.7 Å². The van der Waals surface area contributed by atoms with Gasteiger partial charge < -0.3 is 15.6 Å². The van der Waals surface area contributed by atoms with E-state index in [9.17, 15) is 13.9 Å². The zero-order chi connectivity index (χ0) is 11.4. The molecule has 3 nitrogen and oxygen atoms in total. The third-order valence-electron chi connectivity index (χ3n) is 2.07. The summed E-state index contributed by atoms with van der Waals surface area (Å²) in [5, 5.41) is 9.29. The van der Waals surface area contributed by atoms with Crippen molar-refractivity contribution in [2.24, 2.45) is 5.73 Å². The second kappa shape index (κ2) is 5.16. The fourth-order valence-electron chi connectivity index (χ4n) is 1.26. The van der Waals surface area contributed by atoms with Gasteiger partial charge in [-0.3, -0.25) is 0 Å². The van der Waals surface area contributed by atoms with E-state index in [-0.39, 0.29) is 24.3 Å². The van der Waals surface area contributed by atoms with Crippen molar-refractivity contribution in [3.05, 3.63) is 34.9 Å². The maximum atomic E-state index is 13.4. The minimum Gasteiger partial charge on any atom is -0.387 e. The Morgan fingerprint density at radius 3 is 2.60 bits per heavy atom. The zero-order valence-corrected chi connectivity index (χ0v) is 8.34. The van der Waals surface area contributed by atoms with Gasteiger partial charge in [-0.05, 0) is 0 Å². The summed E-state index contributed by atoms with van der Waals surface area (Å²) in [6.45, 7) is -0.165. The van der Waals surface area contributed by atoms with E-state index in [0.29, 0.717) is 0 Å². The first kappa shape index (κ1) is 12.0. The minimum atomic E-state index is -1.18. The van der Waals surface area contributed by atoms with Crippen LogP contribution in [0.2, 0.25) is 0 Å². The Morgan fingerprint density at radius 1 is 1.40 bits per heavy atom. The number of nitrogens with two attached hydrogens (primary N) is 1. The number of aliphatic hydroxyl groups excluding tert-OH is 1. The Balaban J connectivity index is 3.09. The molecule has 0 aliphatic heterocycles. The molecule has 1 aromatic carbocycles. The highest BCUT2D eigenvalue weighted by Gasteiger charge is 2.17. The average molecular weight is 217 g/mol. The average Bonchev–Trinajstić information content (AvgIpc) is 2.24. The smallest absolute Gasteiger partial charge is 0.165 e. The molecular weight excluding hydrogens is 204 g/mol. The molecule has 0 bridgehead atoms. The number of aliphatic hydroxyl groups is 1. The molecule has 0 aliphatic carbocycles. The molecule has 0 radical (unpaired) electrons. The highest BCUT2D eigenvalue weighted by atomic mass is 19.2. The van der Waals surface area contributed by atoms with E-state index in [1.54, 1.807) is 0 Å². The Morgan fingerprint density at radius 2 is 2.07 bits per heavy atom. The molecule has 5 heteroatoms. The molecular formula is C10H13F2NO2. The lowest BCUT2D eigenvalue weighted by Gasteiger charge is -2.11. The first-order valence-electron chi connectivity index (χ1n) is 4.45. The molecule has 0 heterocycles. The summed E-state index contributed by atoms with van der Waals surface area (Å²) in [4.78, 5) is 0. The molecule has 0 saturated carbocycles. The van der Waals surface area contributed by atoms with E-state index in [1.165, 1.54) is 19.2 Å². The van der Waals surface area contributed by atoms with Gasteiger partial charge in [0, 0.05) is 24.8 Å². The molecule has 0 saturated heterocycles. The lowest BCUT2D eigenvalue weighted by molar-refractivity contribution is 0.174. The maximum absolute atomic E-state index is 13.4. The normalized spacial score (nSPS) is 12.9. The lowest BCUT2D eigenvalue weighted by atomic mass is 10.1. The fourth-order valence-corrected chi connectivity index (χ4v) is 1.26. The number of rotatable bonds is 4. The molecule has 3 N–H and O–H groups in total. The summed E-state index contributed by atoms with van der Waals surface area (Å²) in [6.07, 6.45) is -1.18. The highest BCUT2D eigenvalue weighted by molar-refractivity contribution is 5.27. The molecule has 0 spiro atoms.